The van der Waals surface area contributed by atoms with Gasteiger partial charge in [0.15, 0.2) is 0 Å². The number of rotatable bonds is 1. The summed E-state index contributed by atoms with van der Waals surface area (Å²) < 4.78 is 11.3. The molecule has 2 rings (SSSR count). The van der Waals surface area contributed by atoms with Gasteiger partial charge in [0.05, 0.1) is 17.8 Å². The second-order valence-corrected chi connectivity index (χ2v) is 3.21. The topological polar surface area (TPSA) is 22.4 Å². The van der Waals surface area contributed by atoms with Crippen LogP contribution in [0.25, 0.3) is 11.0 Å². The van der Waals surface area contributed by atoms with Crippen molar-refractivity contribution < 1.29 is 9.15 Å². The predicted molar refractivity (Wildman–Crippen MR) is 50.5 cm³/mol. The molecule has 0 unspecified atom stereocenters. The average molecular weight is 227 g/mol. The summed E-state index contributed by atoms with van der Waals surface area (Å²) >= 11 is 3.44. The third-order valence-electron chi connectivity index (χ3n) is 1.75. The molecule has 0 spiro atoms. The molecule has 0 amide bonds. The first-order valence-electron chi connectivity index (χ1n) is 3.52. The Morgan fingerprint density at radius 3 is 2.92 bits per heavy atom. The van der Waals surface area contributed by atoms with Crippen molar-refractivity contribution in [2.24, 2.45) is 0 Å². The SMILES string of the molecule is COc1ccc2occc2c1Br. The summed E-state index contributed by atoms with van der Waals surface area (Å²) in [7, 11) is 1.64. The van der Waals surface area contributed by atoms with E-state index < -0.39 is 0 Å². The maximum Gasteiger partial charge on any atom is 0.135 e. The van der Waals surface area contributed by atoms with Crippen molar-refractivity contribution in [3.05, 3.63) is 28.9 Å². The van der Waals surface area contributed by atoms with Crippen LogP contribution in [-0.2, 0) is 0 Å². The summed E-state index contributed by atoms with van der Waals surface area (Å²) in [5.41, 5.74) is 0.864. The third-order valence-corrected chi connectivity index (χ3v) is 2.57. The molecular weight excluding hydrogens is 220 g/mol. The van der Waals surface area contributed by atoms with E-state index in [1.807, 2.05) is 18.2 Å². The molecule has 0 fully saturated rings. The van der Waals surface area contributed by atoms with Gasteiger partial charge in [0.2, 0.25) is 0 Å². The van der Waals surface area contributed by atoms with Gasteiger partial charge in [-0.25, -0.2) is 0 Å². The first kappa shape index (κ1) is 7.68. The minimum atomic E-state index is 0.823. The quantitative estimate of drug-likeness (QED) is 0.746. The van der Waals surface area contributed by atoms with Crippen LogP contribution in [-0.4, -0.2) is 7.11 Å². The van der Waals surface area contributed by atoms with Crippen molar-refractivity contribution in [2.75, 3.05) is 7.11 Å². The molecular formula is C9H7BrO2. The number of benzene rings is 1. The Balaban J connectivity index is 2.78. The summed E-state index contributed by atoms with van der Waals surface area (Å²) in [6, 6.07) is 5.66. The lowest BCUT2D eigenvalue weighted by Gasteiger charge is -2.01. The van der Waals surface area contributed by atoms with Crippen LogP contribution < -0.4 is 4.74 Å². The van der Waals surface area contributed by atoms with Gasteiger partial charge in [-0.1, -0.05) is 0 Å². The Morgan fingerprint density at radius 1 is 1.33 bits per heavy atom. The molecule has 0 saturated heterocycles. The molecule has 0 radical (unpaired) electrons. The highest BCUT2D eigenvalue weighted by atomic mass is 79.9. The highest BCUT2D eigenvalue weighted by Crippen LogP contribution is 2.33. The van der Waals surface area contributed by atoms with Gasteiger partial charge in [-0.15, -0.1) is 0 Å². The fourth-order valence-electron chi connectivity index (χ4n) is 1.15. The summed E-state index contributed by atoms with van der Waals surface area (Å²) in [6.45, 7) is 0. The van der Waals surface area contributed by atoms with Gasteiger partial charge in [-0.2, -0.15) is 0 Å². The fraction of sp³-hybridized carbons (Fsp3) is 0.111. The van der Waals surface area contributed by atoms with Gasteiger partial charge >= 0.3 is 0 Å². The van der Waals surface area contributed by atoms with Crippen molar-refractivity contribution in [1.29, 1.82) is 0 Å². The Kier molecular flexibility index (Phi) is 1.81. The molecule has 0 aliphatic rings. The van der Waals surface area contributed by atoms with Crippen LogP contribution in [0.4, 0.5) is 0 Å². The minimum absolute atomic E-state index is 0.823. The van der Waals surface area contributed by atoms with Crippen LogP contribution in [0, 0.1) is 0 Å². The predicted octanol–water partition coefficient (Wildman–Crippen LogP) is 3.20. The summed E-state index contributed by atoms with van der Waals surface area (Å²) in [4.78, 5) is 0. The number of furan rings is 1. The van der Waals surface area contributed by atoms with Crippen LogP contribution >= 0.6 is 15.9 Å². The van der Waals surface area contributed by atoms with E-state index in [-0.39, 0.29) is 0 Å². The first-order valence-corrected chi connectivity index (χ1v) is 4.32. The smallest absolute Gasteiger partial charge is 0.135 e. The van der Waals surface area contributed by atoms with Gasteiger partial charge in [-0.3, -0.25) is 0 Å². The zero-order valence-corrected chi connectivity index (χ0v) is 8.09. The summed E-state index contributed by atoms with van der Waals surface area (Å²) in [6.07, 6.45) is 1.66. The van der Waals surface area contributed by atoms with Gasteiger partial charge in [0, 0.05) is 5.39 Å². The first-order chi connectivity index (χ1) is 5.83. The lowest BCUT2D eigenvalue weighted by atomic mass is 10.2. The maximum atomic E-state index is 5.21. The zero-order chi connectivity index (χ0) is 8.55. The zero-order valence-electron chi connectivity index (χ0n) is 6.50. The standard InChI is InChI=1S/C9H7BrO2/c1-11-8-3-2-7-6(9(8)10)4-5-12-7/h2-5H,1H3. The third kappa shape index (κ3) is 1.01. The van der Waals surface area contributed by atoms with E-state index in [1.165, 1.54) is 0 Å². The summed E-state index contributed by atoms with van der Waals surface area (Å²) in [5, 5.41) is 1.04. The number of methoxy groups -OCH3 is 1. The Labute approximate surface area is 78.3 Å². The number of halogens is 1. The van der Waals surface area contributed by atoms with E-state index in [0.29, 0.717) is 0 Å². The summed E-state index contributed by atoms with van der Waals surface area (Å²) in [5.74, 6) is 0.823. The van der Waals surface area contributed by atoms with Crippen molar-refractivity contribution >= 4 is 26.9 Å². The highest BCUT2D eigenvalue weighted by molar-refractivity contribution is 9.10. The lowest BCUT2D eigenvalue weighted by molar-refractivity contribution is 0.412. The number of hydrogen-bond acceptors (Lipinski definition) is 2. The molecule has 0 saturated carbocycles. The maximum absolute atomic E-state index is 5.21. The van der Waals surface area contributed by atoms with E-state index in [4.69, 9.17) is 9.15 Å². The van der Waals surface area contributed by atoms with E-state index >= 15 is 0 Å². The van der Waals surface area contributed by atoms with Gasteiger partial charge in [0.25, 0.3) is 0 Å². The van der Waals surface area contributed by atoms with E-state index in [9.17, 15) is 0 Å². The second-order valence-electron chi connectivity index (χ2n) is 2.41. The van der Waals surface area contributed by atoms with Crippen LogP contribution in [0.15, 0.2) is 33.4 Å². The molecule has 3 heteroatoms. The molecule has 12 heavy (non-hydrogen) atoms. The van der Waals surface area contributed by atoms with Crippen molar-refractivity contribution in [3.63, 3.8) is 0 Å². The number of ether oxygens (including phenoxy) is 1. The number of hydrogen-bond donors (Lipinski definition) is 0. The second kappa shape index (κ2) is 2.83. The molecule has 0 atom stereocenters. The largest absolute Gasteiger partial charge is 0.496 e. The molecule has 0 aliphatic carbocycles. The van der Waals surface area contributed by atoms with Gasteiger partial charge in [-0.05, 0) is 34.1 Å². The van der Waals surface area contributed by atoms with Crippen molar-refractivity contribution in [1.82, 2.24) is 0 Å². The molecule has 2 aromatic rings. The molecule has 1 aromatic carbocycles. The van der Waals surface area contributed by atoms with Crippen LogP contribution in [0.1, 0.15) is 0 Å². The van der Waals surface area contributed by atoms with E-state index in [2.05, 4.69) is 15.9 Å². The Bertz CT molecular complexity index is 406. The molecule has 0 aliphatic heterocycles. The molecule has 0 N–H and O–H groups in total. The molecule has 2 nitrogen and oxygen atoms in total. The van der Waals surface area contributed by atoms with Gasteiger partial charge < -0.3 is 9.15 Å². The van der Waals surface area contributed by atoms with E-state index in [1.54, 1.807) is 13.4 Å². The van der Waals surface area contributed by atoms with E-state index in [0.717, 1.165) is 21.2 Å². The normalized spacial score (nSPS) is 10.5. The Morgan fingerprint density at radius 2 is 2.17 bits per heavy atom. The molecule has 1 heterocycles. The molecule has 0 bridgehead atoms. The van der Waals surface area contributed by atoms with Gasteiger partial charge in [0.1, 0.15) is 11.3 Å². The average Bonchev–Trinajstić information content (AvgIpc) is 2.53. The highest BCUT2D eigenvalue weighted by Gasteiger charge is 2.06. The van der Waals surface area contributed by atoms with Crippen LogP contribution in [0.2, 0.25) is 0 Å². The fourth-order valence-corrected chi connectivity index (χ4v) is 1.77. The molecule has 1 aromatic heterocycles. The lowest BCUT2D eigenvalue weighted by Crippen LogP contribution is -1.83. The number of fused-ring (bicyclic) bond motifs is 1. The van der Waals surface area contributed by atoms with Crippen LogP contribution in [0.3, 0.4) is 0 Å². The molecule has 62 valence electrons. The Hall–Kier alpha value is -0.960. The van der Waals surface area contributed by atoms with Crippen LogP contribution in [0.5, 0.6) is 5.75 Å². The monoisotopic (exact) mass is 226 g/mol. The minimum Gasteiger partial charge on any atom is -0.496 e. The van der Waals surface area contributed by atoms with Crippen molar-refractivity contribution in [3.8, 4) is 5.75 Å². The van der Waals surface area contributed by atoms with Crippen molar-refractivity contribution in [2.45, 2.75) is 0 Å².